The average molecular weight is 391 g/mol. The van der Waals surface area contributed by atoms with E-state index in [9.17, 15) is 4.79 Å². The van der Waals surface area contributed by atoms with Gasteiger partial charge < -0.3 is 15.0 Å². The third kappa shape index (κ3) is 4.62. The van der Waals surface area contributed by atoms with Crippen LogP contribution in [0.4, 0.5) is 5.00 Å². The predicted molar refractivity (Wildman–Crippen MR) is 114 cm³/mol. The first-order valence-corrected chi connectivity index (χ1v) is 10.2. The summed E-state index contributed by atoms with van der Waals surface area (Å²) in [5, 5.41) is 4.68. The SMILES string of the molecule is CCCN(CC)C(=S)Nc1sc(C)c(-c2ccccc2)c1C(=O)OCC. The van der Waals surface area contributed by atoms with Crippen molar-refractivity contribution in [3.8, 4) is 11.1 Å². The maximum Gasteiger partial charge on any atom is 0.341 e. The van der Waals surface area contributed by atoms with Crippen molar-refractivity contribution in [2.45, 2.75) is 34.1 Å². The molecule has 0 atom stereocenters. The zero-order valence-electron chi connectivity index (χ0n) is 15.8. The monoisotopic (exact) mass is 390 g/mol. The molecule has 0 aliphatic rings. The number of thiophene rings is 1. The molecule has 0 aliphatic heterocycles. The van der Waals surface area contributed by atoms with E-state index >= 15 is 0 Å². The topological polar surface area (TPSA) is 41.6 Å². The number of hydrogen-bond acceptors (Lipinski definition) is 4. The first-order chi connectivity index (χ1) is 12.5. The summed E-state index contributed by atoms with van der Waals surface area (Å²) in [6, 6.07) is 9.93. The summed E-state index contributed by atoms with van der Waals surface area (Å²) in [6.45, 7) is 10.1. The fourth-order valence-electron chi connectivity index (χ4n) is 2.83. The number of nitrogens with one attached hydrogen (secondary N) is 1. The molecular formula is C20H26N2O2S2. The summed E-state index contributed by atoms with van der Waals surface area (Å²) < 4.78 is 5.33. The van der Waals surface area contributed by atoms with Crippen molar-refractivity contribution in [1.82, 2.24) is 4.90 Å². The number of rotatable bonds is 7. The van der Waals surface area contributed by atoms with Gasteiger partial charge in [-0.1, -0.05) is 37.3 Å². The summed E-state index contributed by atoms with van der Waals surface area (Å²) in [5.41, 5.74) is 2.48. The van der Waals surface area contributed by atoms with Gasteiger partial charge in [0.2, 0.25) is 0 Å². The Bertz CT molecular complexity index is 757. The van der Waals surface area contributed by atoms with Gasteiger partial charge in [0.25, 0.3) is 0 Å². The quantitative estimate of drug-likeness (QED) is 0.511. The van der Waals surface area contributed by atoms with Gasteiger partial charge in [0.1, 0.15) is 10.6 Å². The van der Waals surface area contributed by atoms with Gasteiger partial charge in [-0.3, -0.25) is 0 Å². The van der Waals surface area contributed by atoms with Crippen molar-refractivity contribution in [2.24, 2.45) is 0 Å². The van der Waals surface area contributed by atoms with Crippen LogP contribution in [0.3, 0.4) is 0 Å². The van der Waals surface area contributed by atoms with E-state index in [1.54, 1.807) is 0 Å². The maximum atomic E-state index is 12.7. The molecule has 26 heavy (non-hydrogen) atoms. The molecule has 0 bridgehead atoms. The number of hydrogen-bond donors (Lipinski definition) is 1. The highest BCUT2D eigenvalue weighted by atomic mass is 32.1. The molecule has 2 rings (SSSR count). The van der Waals surface area contributed by atoms with Crippen molar-refractivity contribution in [3.05, 3.63) is 40.8 Å². The molecule has 2 aromatic rings. The fraction of sp³-hybridized carbons (Fsp3) is 0.400. The van der Waals surface area contributed by atoms with Gasteiger partial charge in [-0.2, -0.15) is 0 Å². The van der Waals surface area contributed by atoms with E-state index in [2.05, 4.69) is 24.1 Å². The number of esters is 1. The molecule has 6 heteroatoms. The molecule has 0 radical (unpaired) electrons. The van der Waals surface area contributed by atoms with Crippen LogP contribution in [0.5, 0.6) is 0 Å². The summed E-state index contributed by atoms with van der Waals surface area (Å²) in [5.74, 6) is -0.320. The third-order valence-electron chi connectivity index (χ3n) is 4.01. The molecule has 0 saturated heterocycles. The van der Waals surface area contributed by atoms with Gasteiger partial charge in [0.15, 0.2) is 5.11 Å². The van der Waals surface area contributed by atoms with E-state index in [1.807, 2.05) is 44.2 Å². The first kappa shape index (κ1) is 20.4. The fourth-order valence-corrected chi connectivity index (χ4v) is 4.28. The number of carbonyl (C=O) groups excluding carboxylic acids is 1. The number of thiocarbonyl (C=S) groups is 1. The van der Waals surface area contributed by atoms with Crippen molar-refractivity contribution in [2.75, 3.05) is 25.0 Å². The highest BCUT2D eigenvalue weighted by molar-refractivity contribution is 7.80. The molecule has 4 nitrogen and oxygen atoms in total. The number of nitrogens with zero attached hydrogens (tertiary/aromatic N) is 1. The number of anilines is 1. The molecule has 0 amide bonds. The molecule has 1 aromatic heterocycles. The normalized spacial score (nSPS) is 10.5. The first-order valence-electron chi connectivity index (χ1n) is 8.95. The van der Waals surface area contributed by atoms with Crippen LogP contribution < -0.4 is 5.32 Å². The van der Waals surface area contributed by atoms with Crippen LogP contribution in [0.2, 0.25) is 0 Å². The van der Waals surface area contributed by atoms with Gasteiger partial charge in [-0.05, 0) is 45.0 Å². The van der Waals surface area contributed by atoms with Gasteiger partial charge in [0, 0.05) is 23.5 Å². The van der Waals surface area contributed by atoms with Crippen molar-refractivity contribution < 1.29 is 9.53 Å². The Balaban J connectivity index is 2.46. The highest BCUT2D eigenvalue weighted by Crippen LogP contribution is 2.40. The Hall–Kier alpha value is -1.92. The van der Waals surface area contributed by atoms with Gasteiger partial charge in [-0.25, -0.2) is 4.79 Å². The molecule has 140 valence electrons. The van der Waals surface area contributed by atoms with Crippen LogP contribution in [0, 0.1) is 6.92 Å². The van der Waals surface area contributed by atoms with E-state index in [1.165, 1.54) is 11.3 Å². The minimum absolute atomic E-state index is 0.320. The van der Waals surface area contributed by atoms with Crippen LogP contribution in [-0.4, -0.2) is 35.7 Å². The molecule has 0 saturated carbocycles. The number of aryl methyl sites for hydroxylation is 1. The van der Waals surface area contributed by atoms with E-state index in [-0.39, 0.29) is 5.97 Å². The smallest absolute Gasteiger partial charge is 0.341 e. The predicted octanol–water partition coefficient (Wildman–Crippen LogP) is 5.33. The Morgan fingerprint density at radius 2 is 1.92 bits per heavy atom. The van der Waals surface area contributed by atoms with E-state index in [4.69, 9.17) is 17.0 Å². The van der Waals surface area contributed by atoms with E-state index in [0.29, 0.717) is 17.3 Å². The zero-order valence-corrected chi connectivity index (χ0v) is 17.4. The zero-order chi connectivity index (χ0) is 19.1. The largest absolute Gasteiger partial charge is 0.462 e. The molecular weight excluding hydrogens is 364 g/mol. The molecule has 0 spiro atoms. The van der Waals surface area contributed by atoms with Crippen LogP contribution in [0.15, 0.2) is 30.3 Å². The Morgan fingerprint density at radius 1 is 1.23 bits per heavy atom. The molecule has 0 aliphatic carbocycles. The van der Waals surface area contributed by atoms with Crippen molar-refractivity contribution >= 4 is 39.6 Å². The van der Waals surface area contributed by atoms with Crippen molar-refractivity contribution in [3.63, 3.8) is 0 Å². The van der Waals surface area contributed by atoms with Crippen LogP contribution in [-0.2, 0) is 4.74 Å². The maximum absolute atomic E-state index is 12.7. The number of benzene rings is 1. The summed E-state index contributed by atoms with van der Waals surface area (Å²) >= 11 is 7.11. The molecule has 1 aromatic carbocycles. The Kier molecular flexibility index (Phi) is 7.60. The second-order valence-electron chi connectivity index (χ2n) is 5.83. The lowest BCUT2D eigenvalue weighted by atomic mass is 10.0. The molecule has 1 heterocycles. The summed E-state index contributed by atoms with van der Waals surface area (Å²) in [6.07, 6.45) is 1.01. The van der Waals surface area contributed by atoms with Crippen LogP contribution >= 0.6 is 23.6 Å². The van der Waals surface area contributed by atoms with Gasteiger partial charge >= 0.3 is 5.97 Å². The van der Waals surface area contributed by atoms with Gasteiger partial charge in [-0.15, -0.1) is 11.3 Å². The third-order valence-corrected chi connectivity index (χ3v) is 5.39. The van der Waals surface area contributed by atoms with Crippen LogP contribution in [0.1, 0.15) is 42.4 Å². The molecule has 0 fully saturated rings. The summed E-state index contributed by atoms with van der Waals surface area (Å²) in [4.78, 5) is 15.9. The minimum Gasteiger partial charge on any atom is -0.462 e. The second kappa shape index (κ2) is 9.69. The molecule has 0 unspecified atom stereocenters. The summed E-state index contributed by atoms with van der Waals surface area (Å²) in [7, 11) is 0. The minimum atomic E-state index is -0.320. The standard InChI is InChI=1S/C20H26N2O2S2/c1-5-13-22(6-2)20(25)21-18-17(19(23)24-7-3)16(14(4)26-18)15-11-9-8-10-12-15/h8-12H,5-7,13H2,1-4H3,(H,21,25). The van der Waals surface area contributed by atoms with Gasteiger partial charge in [0.05, 0.1) is 6.61 Å². The lowest BCUT2D eigenvalue weighted by molar-refractivity contribution is 0.0529. The number of ether oxygens (including phenoxy) is 1. The Labute approximate surface area is 165 Å². The lowest BCUT2D eigenvalue weighted by Crippen LogP contribution is -2.35. The highest BCUT2D eigenvalue weighted by Gasteiger charge is 2.25. The lowest BCUT2D eigenvalue weighted by Gasteiger charge is -2.23. The second-order valence-corrected chi connectivity index (χ2v) is 7.45. The van der Waals surface area contributed by atoms with Crippen LogP contribution in [0.25, 0.3) is 11.1 Å². The average Bonchev–Trinajstić information content (AvgIpc) is 2.96. The van der Waals surface area contributed by atoms with Crippen molar-refractivity contribution in [1.29, 1.82) is 0 Å². The Morgan fingerprint density at radius 3 is 2.50 bits per heavy atom. The number of carbonyl (C=O) groups is 1. The van der Waals surface area contributed by atoms with E-state index in [0.717, 1.165) is 40.5 Å². The molecule has 1 N–H and O–H groups in total. The van der Waals surface area contributed by atoms with E-state index < -0.39 is 0 Å².